The van der Waals surface area contributed by atoms with E-state index in [9.17, 15) is 0 Å². The smallest absolute Gasteiger partial charge is 0.0406 e. The molecule has 0 bridgehead atoms. The van der Waals surface area contributed by atoms with E-state index in [1.807, 2.05) is 12.1 Å². The van der Waals surface area contributed by atoms with Gasteiger partial charge >= 0.3 is 0 Å². The molecule has 22 heavy (non-hydrogen) atoms. The molecule has 0 aromatic heterocycles. The maximum atomic E-state index is 5.95. The van der Waals surface area contributed by atoms with Crippen LogP contribution < -0.4 is 5.32 Å². The van der Waals surface area contributed by atoms with Gasteiger partial charge in [-0.1, -0.05) is 54.6 Å². The van der Waals surface area contributed by atoms with E-state index in [0.29, 0.717) is 5.54 Å². The van der Waals surface area contributed by atoms with Crippen molar-refractivity contribution in [1.82, 2.24) is 5.32 Å². The summed E-state index contributed by atoms with van der Waals surface area (Å²) in [5.74, 6) is 0. The fourth-order valence-corrected chi connectivity index (χ4v) is 4.12. The molecular formula is C19H27Cl2N. The van der Waals surface area contributed by atoms with E-state index >= 15 is 0 Å². The second-order valence-electron chi connectivity index (χ2n) is 6.57. The van der Waals surface area contributed by atoms with Crippen molar-refractivity contribution < 1.29 is 0 Å². The minimum absolute atomic E-state index is 0. The van der Waals surface area contributed by atoms with Gasteiger partial charge in [0, 0.05) is 10.6 Å². The molecule has 0 atom stereocenters. The summed E-state index contributed by atoms with van der Waals surface area (Å²) in [7, 11) is 0. The average Bonchev–Trinajstić information content (AvgIpc) is 2.52. The SMILES string of the molecule is Cl.Clc1ccc(CCCC2=CCCNC23CCCCC3)cc1. The largest absolute Gasteiger partial charge is 0.307 e. The summed E-state index contributed by atoms with van der Waals surface area (Å²) < 4.78 is 0. The van der Waals surface area contributed by atoms with Crippen LogP contribution in [0.15, 0.2) is 35.9 Å². The third kappa shape index (κ3) is 4.28. The Bertz CT molecular complexity index is 487. The molecule has 2 aliphatic rings. The highest BCUT2D eigenvalue weighted by molar-refractivity contribution is 6.30. The molecule has 3 heteroatoms. The van der Waals surface area contributed by atoms with Crippen molar-refractivity contribution in [3.63, 3.8) is 0 Å². The molecule has 1 aromatic rings. The van der Waals surface area contributed by atoms with Crippen molar-refractivity contribution >= 4 is 24.0 Å². The van der Waals surface area contributed by atoms with E-state index in [1.54, 1.807) is 5.57 Å². The first-order valence-corrected chi connectivity index (χ1v) is 8.85. The third-order valence-electron chi connectivity index (χ3n) is 5.15. The molecule has 0 saturated heterocycles. The van der Waals surface area contributed by atoms with Crippen LogP contribution in [0.4, 0.5) is 0 Å². The maximum Gasteiger partial charge on any atom is 0.0406 e. The highest BCUT2D eigenvalue weighted by Crippen LogP contribution is 2.38. The second kappa shape index (κ2) is 8.38. The first-order valence-electron chi connectivity index (χ1n) is 8.48. The molecule has 3 rings (SSSR count). The molecule has 1 fully saturated rings. The molecule has 1 aliphatic heterocycles. The first-order chi connectivity index (χ1) is 10.3. The number of aryl methyl sites for hydroxylation is 1. The zero-order chi connectivity index (χ0) is 14.5. The Labute approximate surface area is 145 Å². The molecule has 1 spiro atoms. The maximum absolute atomic E-state index is 5.95. The van der Waals surface area contributed by atoms with E-state index < -0.39 is 0 Å². The highest BCUT2D eigenvalue weighted by Gasteiger charge is 2.35. The van der Waals surface area contributed by atoms with Crippen molar-refractivity contribution in [3.8, 4) is 0 Å². The normalized spacial score (nSPS) is 20.3. The average molecular weight is 340 g/mol. The van der Waals surface area contributed by atoms with E-state index in [2.05, 4.69) is 23.5 Å². The number of hydrogen-bond acceptors (Lipinski definition) is 1. The number of nitrogens with one attached hydrogen (secondary N) is 1. The van der Waals surface area contributed by atoms with Gasteiger partial charge in [-0.2, -0.15) is 0 Å². The van der Waals surface area contributed by atoms with Crippen LogP contribution in [0.1, 0.15) is 56.9 Å². The molecule has 1 nitrogen and oxygen atoms in total. The number of hydrogen-bond donors (Lipinski definition) is 1. The van der Waals surface area contributed by atoms with E-state index in [1.165, 1.54) is 63.5 Å². The lowest BCUT2D eigenvalue weighted by Crippen LogP contribution is -2.50. The van der Waals surface area contributed by atoms with Gasteiger partial charge in [0.1, 0.15) is 0 Å². The Morgan fingerprint density at radius 2 is 1.73 bits per heavy atom. The van der Waals surface area contributed by atoms with Gasteiger partial charge in [0.25, 0.3) is 0 Å². The van der Waals surface area contributed by atoms with Crippen LogP contribution in [-0.4, -0.2) is 12.1 Å². The molecule has 1 aliphatic carbocycles. The number of benzene rings is 1. The minimum Gasteiger partial charge on any atom is -0.307 e. The Kier molecular flexibility index (Phi) is 6.80. The van der Waals surface area contributed by atoms with E-state index in [-0.39, 0.29) is 12.4 Å². The van der Waals surface area contributed by atoms with Crippen molar-refractivity contribution in [2.75, 3.05) is 6.54 Å². The number of halogens is 2. The monoisotopic (exact) mass is 339 g/mol. The van der Waals surface area contributed by atoms with Crippen LogP contribution in [0.2, 0.25) is 5.02 Å². The highest BCUT2D eigenvalue weighted by atomic mass is 35.5. The predicted octanol–water partition coefficient (Wildman–Crippen LogP) is 5.71. The van der Waals surface area contributed by atoms with Gasteiger partial charge in [-0.15, -0.1) is 12.4 Å². The van der Waals surface area contributed by atoms with E-state index in [0.717, 1.165) is 11.4 Å². The second-order valence-corrected chi connectivity index (χ2v) is 7.00. The minimum atomic E-state index is 0. The Morgan fingerprint density at radius 1 is 1.00 bits per heavy atom. The van der Waals surface area contributed by atoms with Crippen molar-refractivity contribution in [3.05, 3.63) is 46.5 Å². The van der Waals surface area contributed by atoms with Gasteiger partial charge < -0.3 is 5.32 Å². The van der Waals surface area contributed by atoms with Crippen LogP contribution >= 0.6 is 24.0 Å². The number of rotatable bonds is 4. The topological polar surface area (TPSA) is 12.0 Å². The van der Waals surface area contributed by atoms with Crippen LogP contribution in [0.25, 0.3) is 0 Å². The van der Waals surface area contributed by atoms with Gasteiger partial charge in [-0.05, 0) is 62.8 Å². The lowest BCUT2D eigenvalue weighted by atomic mass is 9.73. The molecule has 0 amide bonds. The molecular weight excluding hydrogens is 313 g/mol. The zero-order valence-electron chi connectivity index (χ0n) is 13.2. The van der Waals surface area contributed by atoms with Gasteiger partial charge in [-0.25, -0.2) is 0 Å². The summed E-state index contributed by atoms with van der Waals surface area (Å²) in [6.45, 7) is 1.17. The summed E-state index contributed by atoms with van der Waals surface area (Å²) in [4.78, 5) is 0. The summed E-state index contributed by atoms with van der Waals surface area (Å²) in [5.41, 5.74) is 3.46. The Morgan fingerprint density at radius 3 is 2.45 bits per heavy atom. The van der Waals surface area contributed by atoms with Crippen LogP contribution in [0, 0.1) is 0 Å². The summed E-state index contributed by atoms with van der Waals surface area (Å²) in [6, 6.07) is 8.32. The molecule has 1 saturated carbocycles. The lowest BCUT2D eigenvalue weighted by molar-refractivity contribution is 0.259. The summed E-state index contributed by atoms with van der Waals surface area (Å²) >= 11 is 5.95. The Balaban J connectivity index is 0.00000176. The van der Waals surface area contributed by atoms with Gasteiger partial charge in [0.15, 0.2) is 0 Å². The molecule has 0 unspecified atom stereocenters. The van der Waals surface area contributed by atoms with Gasteiger partial charge in [0.2, 0.25) is 0 Å². The van der Waals surface area contributed by atoms with Crippen molar-refractivity contribution in [2.45, 2.75) is 63.3 Å². The van der Waals surface area contributed by atoms with E-state index in [4.69, 9.17) is 11.6 Å². The first kappa shape index (κ1) is 17.8. The quantitative estimate of drug-likeness (QED) is 0.693. The van der Waals surface area contributed by atoms with Crippen molar-refractivity contribution in [1.29, 1.82) is 0 Å². The van der Waals surface area contributed by atoms with Crippen LogP contribution in [0.5, 0.6) is 0 Å². The summed E-state index contributed by atoms with van der Waals surface area (Å²) in [6.07, 6.45) is 14.3. The lowest BCUT2D eigenvalue weighted by Gasteiger charge is -2.43. The van der Waals surface area contributed by atoms with Crippen LogP contribution in [-0.2, 0) is 6.42 Å². The van der Waals surface area contributed by atoms with Gasteiger partial charge in [0.05, 0.1) is 0 Å². The van der Waals surface area contributed by atoms with Crippen molar-refractivity contribution in [2.24, 2.45) is 0 Å². The fourth-order valence-electron chi connectivity index (χ4n) is 4.00. The standard InChI is InChI=1S/C19H26ClN.ClH/c20-18-11-9-16(10-12-18)6-4-7-17-8-5-15-21-19(17)13-2-1-3-14-19;/h8-12,21H,1-7,13-15H2;1H. The fraction of sp³-hybridized carbons (Fsp3) is 0.579. The molecule has 122 valence electrons. The Hall–Kier alpha value is -0.500. The molecule has 1 N–H and O–H groups in total. The molecule has 1 aromatic carbocycles. The third-order valence-corrected chi connectivity index (χ3v) is 5.40. The predicted molar refractivity (Wildman–Crippen MR) is 98.2 cm³/mol. The van der Waals surface area contributed by atoms with Crippen LogP contribution in [0.3, 0.4) is 0 Å². The molecule has 1 heterocycles. The molecule has 0 radical (unpaired) electrons. The summed E-state index contributed by atoms with van der Waals surface area (Å²) in [5, 5.41) is 4.69. The zero-order valence-corrected chi connectivity index (χ0v) is 14.8. The van der Waals surface area contributed by atoms with Gasteiger partial charge in [-0.3, -0.25) is 0 Å².